The van der Waals surface area contributed by atoms with Gasteiger partial charge in [0.1, 0.15) is 5.75 Å². The first-order chi connectivity index (χ1) is 12.0. The van der Waals surface area contributed by atoms with Gasteiger partial charge in [-0.05, 0) is 48.7 Å². The lowest BCUT2D eigenvalue weighted by Gasteiger charge is -2.28. The smallest absolute Gasteiger partial charge is 0.312 e. The number of aryl methyl sites for hydroxylation is 2. The minimum absolute atomic E-state index is 0.120. The largest absolute Gasteiger partial charge is 0.493 e. The second kappa shape index (κ2) is 6.67. The number of benzene rings is 2. The first kappa shape index (κ1) is 17.1. The van der Waals surface area contributed by atoms with Crippen LogP contribution in [0.15, 0.2) is 24.3 Å². The van der Waals surface area contributed by atoms with Crippen LogP contribution in [-0.2, 0) is 4.79 Å². The number of fused-ring (bicyclic) bond motifs is 1. The Morgan fingerprint density at radius 1 is 0.960 bits per heavy atom. The first-order valence-electron chi connectivity index (χ1n) is 8.10. The summed E-state index contributed by atoms with van der Waals surface area (Å²) in [5, 5.41) is 0. The quantitative estimate of drug-likeness (QED) is 0.625. The Morgan fingerprint density at radius 2 is 1.60 bits per heavy atom. The van der Waals surface area contributed by atoms with E-state index >= 15 is 0 Å². The van der Waals surface area contributed by atoms with Crippen LogP contribution in [0.25, 0.3) is 0 Å². The lowest BCUT2D eigenvalue weighted by molar-refractivity contribution is -0.135. The van der Waals surface area contributed by atoms with E-state index in [-0.39, 0.29) is 18.3 Å². The molecular weight excluding hydrogens is 320 g/mol. The lowest BCUT2D eigenvalue weighted by Crippen LogP contribution is -2.22. The monoisotopic (exact) mass is 342 g/mol. The molecule has 0 bridgehead atoms. The molecule has 25 heavy (non-hydrogen) atoms. The summed E-state index contributed by atoms with van der Waals surface area (Å²) in [4.78, 5) is 12.2. The second-order valence-corrected chi connectivity index (χ2v) is 6.18. The van der Waals surface area contributed by atoms with Crippen molar-refractivity contribution < 1.29 is 23.7 Å². The van der Waals surface area contributed by atoms with Crippen LogP contribution in [0.5, 0.6) is 23.0 Å². The van der Waals surface area contributed by atoms with Crippen LogP contribution in [-0.4, -0.2) is 27.3 Å². The Kier molecular flexibility index (Phi) is 4.57. The molecule has 0 unspecified atom stereocenters. The first-order valence-corrected chi connectivity index (χ1v) is 8.10. The fourth-order valence-corrected chi connectivity index (χ4v) is 3.49. The van der Waals surface area contributed by atoms with Crippen LogP contribution >= 0.6 is 0 Å². The predicted molar refractivity (Wildman–Crippen MR) is 94.1 cm³/mol. The van der Waals surface area contributed by atoms with Gasteiger partial charge in [0.25, 0.3) is 0 Å². The molecule has 1 aliphatic heterocycles. The minimum atomic E-state index is -0.240. The maximum Gasteiger partial charge on any atom is 0.312 e. The molecule has 0 aliphatic carbocycles. The van der Waals surface area contributed by atoms with Crippen molar-refractivity contribution in [2.75, 3.05) is 21.3 Å². The van der Waals surface area contributed by atoms with Gasteiger partial charge in [-0.3, -0.25) is 4.79 Å². The van der Waals surface area contributed by atoms with Gasteiger partial charge >= 0.3 is 5.97 Å². The van der Waals surface area contributed by atoms with Crippen molar-refractivity contribution in [1.82, 2.24) is 0 Å². The van der Waals surface area contributed by atoms with E-state index in [1.54, 1.807) is 21.3 Å². The molecule has 2 aromatic carbocycles. The molecule has 2 aromatic rings. The van der Waals surface area contributed by atoms with Gasteiger partial charge in [-0.1, -0.05) is 6.07 Å². The average Bonchev–Trinajstić information content (AvgIpc) is 2.58. The maximum absolute atomic E-state index is 12.2. The number of carbonyl (C=O) groups is 1. The third-order valence-corrected chi connectivity index (χ3v) is 4.53. The zero-order valence-corrected chi connectivity index (χ0v) is 15.1. The number of rotatable bonds is 4. The van der Waals surface area contributed by atoms with Crippen LogP contribution in [0.3, 0.4) is 0 Å². The second-order valence-electron chi connectivity index (χ2n) is 6.18. The molecule has 1 atom stereocenters. The van der Waals surface area contributed by atoms with Gasteiger partial charge in [0, 0.05) is 11.5 Å². The van der Waals surface area contributed by atoms with Crippen LogP contribution in [0.2, 0.25) is 0 Å². The number of carbonyl (C=O) groups excluding carboxylic acids is 1. The van der Waals surface area contributed by atoms with Gasteiger partial charge in [-0.25, -0.2) is 0 Å². The Labute approximate surface area is 147 Å². The number of esters is 1. The highest BCUT2D eigenvalue weighted by Gasteiger charge is 2.31. The Morgan fingerprint density at radius 3 is 2.16 bits per heavy atom. The molecule has 0 fully saturated rings. The SMILES string of the molecule is COc1cc([C@@H]2CC(=O)Oc3cc(C)cc(C)c32)cc(OC)c1OC. The zero-order chi connectivity index (χ0) is 18.1. The van der Waals surface area contributed by atoms with Gasteiger partial charge in [-0.15, -0.1) is 0 Å². The van der Waals surface area contributed by atoms with E-state index in [1.807, 2.05) is 32.0 Å². The van der Waals surface area contributed by atoms with E-state index in [0.717, 1.165) is 22.3 Å². The maximum atomic E-state index is 12.2. The van der Waals surface area contributed by atoms with Gasteiger partial charge in [-0.2, -0.15) is 0 Å². The summed E-state index contributed by atoms with van der Waals surface area (Å²) in [5.41, 5.74) is 4.12. The van der Waals surface area contributed by atoms with Crippen LogP contribution in [0, 0.1) is 13.8 Å². The standard InChI is InChI=1S/C20H22O5/c1-11-6-12(2)19-14(10-18(21)25-15(19)7-11)13-8-16(22-3)20(24-5)17(9-13)23-4/h6-9,14H,10H2,1-5H3/t14-/m0/s1. The Bertz CT molecular complexity index is 800. The molecule has 3 rings (SSSR count). The van der Waals surface area contributed by atoms with E-state index in [1.165, 1.54) is 0 Å². The predicted octanol–water partition coefficient (Wildman–Crippen LogP) is 3.77. The van der Waals surface area contributed by atoms with E-state index < -0.39 is 0 Å². The molecule has 1 aliphatic rings. The molecule has 0 N–H and O–H groups in total. The average molecular weight is 342 g/mol. The molecule has 1 heterocycles. The molecule has 0 aromatic heterocycles. The third-order valence-electron chi connectivity index (χ3n) is 4.53. The Balaban J connectivity index is 2.19. The van der Waals surface area contributed by atoms with Crippen molar-refractivity contribution in [1.29, 1.82) is 0 Å². The zero-order valence-electron chi connectivity index (χ0n) is 15.1. The normalized spacial score (nSPS) is 16.0. The van der Waals surface area contributed by atoms with Crippen molar-refractivity contribution in [3.63, 3.8) is 0 Å². The number of hydrogen-bond donors (Lipinski definition) is 0. The molecule has 132 valence electrons. The van der Waals surface area contributed by atoms with Crippen LogP contribution in [0.1, 0.15) is 34.6 Å². The number of methoxy groups -OCH3 is 3. The van der Waals surface area contributed by atoms with Gasteiger partial charge in [0.05, 0.1) is 27.8 Å². The summed E-state index contributed by atoms with van der Waals surface area (Å²) in [6.07, 6.45) is 0.273. The molecule has 0 amide bonds. The summed E-state index contributed by atoms with van der Waals surface area (Å²) in [6.45, 7) is 4.03. The molecular formula is C20H22O5. The van der Waals surface area contributed by atoms with Gasteiger partial charge in [0.15, 0.2) is 11.5 Å². The molecule has 5 nitrogen and oxygen atoms in total. The van der Waals surface area contributed by atoms with E-state index in [0.29, 0.717) is 23.0 Å². The van der Waals surface area contributed by atoms with Crippen molar-refractivity contribution in [2.24, 2.45) is 0 Å². The highest BCUT2D eigenvalue weighted by Crippen LogP contribution is 2.46. The molecule has 0 radical (unpaired) electrons. The lowest BCUT2D eigenvalue weighted by atomic mass is 9.83. The van der Waals surface area contributed by atoms with E-state index in [9.17, 15) is 4.79 Å². The van der Waals surface area contributed by atoms with E-state index in [2.05, 4.69) is 6.07 Å². The number of hydrogen-bond acceptors (Lipinski definition) is 5. The van der Waals surface area contributed by atoms with Crippen LogP contribution < -0.4 is 18.9 Å². The van der Waals surface area contributed by atoms with Gasteiger partial charge in [0.2, 0.25) is 5.75 Å². The summed E-state index contributed by atoms with van der Waals surface area (Å²) in [5.74, 6) is 1.95. The molecule has 0 saturated carbocycles. The molecule has 0 saturated heterocycles. The Hall–Kier alpha value is -2.69. The summed E-state index contributed by atoms with van der Waals surface area (Å²) >= 11 is 0. The highest BCUT2D eigenvalue weighted by molar-refractivity contribution is 5.78. The topological polar surface area (TPSA) is 54.0 Å². The summed E-state index contributed by atoms with van der Waals surface area (Å²) < 4.78 is 21.8. The molecule has 5 heteroatoms. The van der Waals surface area contributed by atoms with Crippen molar-refractivity contribution in [3.05, 3.63) is 46.5 Å². The van der Waals surface area contributed by atoms with Crippen LogP contribution in [0.4, 0.5) is 0 Å². The fraction of sp³-hybridized carbons (Fsp3) is 0.350. The highest BCUT2D eigenvalue weighted by atomic mass is 16.5. The third kappa shape index (κ3) is 3.02. The molecule has 0 spiro atoms. The minimum Gasteiger partial charge on any atom is -0.493 e. The number of ether oxygens (including phenoxy) is 4. The van der Waals surface area contributed by atoms with Crippen molar-refractivity contribution in [3.8, 4) is 23.0 Å². The van der Waals surface area contributed by atoms with Crippen molar-refractivity contribution in [2.45, 2.75) is 26.2 Å². The fourth-order valence-electron chi connectivity index (χ4n) is 3.49. The van der Waals surface area contributed by atoms with Crippen molar-refractivity contribution >= 4 is 5.97 Å². The van der Waals surface area contributed by atoms with Gasteiger partial charge < -0.3 is 18.9 Å². The summed E-state index contributed by atoms with van der Waals surface area (Å²) in [6, 6.07) is 7.80. The van der Waals surface area contributed by atoms with E-state index in [4.69, 9.17) is 18.9 Å². The summed E-state index contributed by atoms with van der Waals surface area (Å²) in [7, 11) is 4.73.